The first-order chi connectivity index (χ1) is 13.6. The normalized spacial score (nSPS) is 11.1. The van der Waals surface area contributed by atoms with Crippen molar-refractivity contribution in [2.75, 3.05) is 0 Å². The van der Waals surface area contributed by atoms with Crippen molar-refractivity contribution in [2.24, 2.45) is 0 Å². The number of carbonyl (C=O) groups is 1. The van der Waals surface area contributed by atoms with Crippen LogP contribution in [0.4, 0.5) is 0 Å². The lowest BCUT2D eigenvalue weighted by Crippen LogP contribution is -2.24. The lowest BCUT2D eigenvalue weighted by Gasteiger charge is -2.12. The number of fused-ring (bicyclic) bond motifs is 1. The molecule has 0 bridgehead atoms. The number of benzene rings is 3. The highest BCUT2D eigenvalue weighted by Gasteiger charge is 2.11. The summed E-state index contributed by atoms with van der Waals surface area (Å²) in [4.78, 5) is 28.8. The molecule has 0 amide bonds. The summed E-state index contributed by atoms with van der Waals surface area (Å²) < 4.78 is 1.47. The average molecular weight is 367 g/mol. The van der Waals surface area contributed by atoms with Crippen molar-refractivity contribution in [3.05, 3.63) is 106 Å². The van der Waals surface area contributed by atoms with Crippen LogP contribution in [0.15, 0.2) is 83.7 Å². The number of carboxylic acids is 1. The van der Waals surface area contributed by atoms with Gasteiger partial charge in [0.15, 0.2) is 0 Å². The molecule has 0 saturated heterocycles. The SMILES string of the molecule is O=C([O-])c1ccc(-n2c(/C=C/c3ccccc3)nc3ccccc3c2=O)cc1. The topological polar surface area (TPSA) is 75.0 Å². The van der Waals surface area contributed by atoms with Gasteiger partial charge in [0.1, 0.15) is 5.82 Å². The zero-order chi connectivity index (χ0) is 19.5. The van der Waals surface area contributed by atoms with Crippen LogP contribution in [0.1, 0.15) is 21.7 Å². The number of nitrogens with zero attached hydrogens (tertiary/aromatic N) is 2. The highest BCUT2D eigenvalue weighted by Crippen LogP contribution is 2.16. The van der Waals surface area contributed by atoms with Crippen molar-refractivity contribution in [1.82, 2.24) is 9.55 Å². The maximum Gasteiger partial charge on any atom is 0.266 e. The van der Waals surface area contributed by atoms with Gasteiger partial charge in [-0.25, -0.2) is 4.98 Å². The van der Waals surface area contributed by atoms with Crippen LogP contribution in [0.2, 0.25) is 0 Å². The van der Waals surface area contributed by atoms with Crippen molar-refractivity contribution in [1.29, 1.82) is 0 Å². The molecule has 136 valence electrons. The Balaban J connectivity index is 1.92. The van der Waals surface area contributed by atoms with E-state index in [2.05, 4.69) is 4.98 Å². The smallest absolute Gasteiger partial charge is 0.266 e. The molecule has 1 heterocycles. The molecule has 0 aliphatic heterocycles. The Kier molecular flexibility index (Phi) is 4.56. The third-order valence-electron chi connectivity index (χ3n) is 4.39. The number of aromatic carboxylic acids is 1. The van der Waals surface area contributed by atoms with E-state index in [4.69, 9.17) is 0 Å². The van der Waals surface area contributed by atoms with Gasteiger partial charge in [-0.3, -0.25) is 9.36 Å². The Morgan fingerprint density at radius 1 is 0.857 bits per heavy atom. The van der Waals surface area contributed by atoms with Gasteiger partial charge in [-0.15, -0.1) is 0 Å². The van der Waals surface area contributed by atoms with Crippen LogP contribution in [-0.2, 0) is 0 Å². The first-order valence-corrected chi connectivity index (χ1v) is 8.70. The van der Waals surface area contributed by atoms with Gasteiger partial charge >= 0.3 is 0 Å². The zero-order valence-electron chi connectivity index (χ0n) is 14.8. The minimum Gasteiger partial charge on any atom is -0.545 e. The van der Waals surface area contributed by atoms with Crippen molar-refractivity contribution in [3.8, 4) is 5.69 Å². The number of hydrogen-bond donors (Lipinski definition) is 0. The molecule has 0 atom stereocenters. The molecule has 0 unspecified atom stereocenters. The van der Waals surface area contributed by atoms with Gasteiger partial charge < -0.3 is 9.90 Å². The summed E-state index contributed by atoms with van der Waals surface area (Å²) in [6.45, 7) is 0. The van der Waals surface area contributed by atoms with Crippen LogP contribution < -0.4 is 10.7 Å². The maximum atomic E-state index is 13.1. The number of rotatable bonds is 4. The number of hydrogen-bond acceptors (Lipinski definition) is 4. The second kappa shape index (κ2) is 7.32. The predicted octanol–water partition coefficient (Wildman–Crippen LogP) is 2.92. The van der Waals surface area contributed by atoms with Gasteiger partial charge in [-0.1, -0.05) is 60.7 Å². The standard InChI is InChI=1S/C23H16N2O3/c26-22-19-8-4-5-9-20(19)24-21(15-10-16-6-2-1-3-7-16)25(22)18-13-11-17(12-14-18)23(27)28/h1-15H,(H,27,28)/p-1/b15-10+. The van der Waals surface area contributed by atoms with Crippen molar-refractivity contribution in [3.63, 3.8) is 0 Å². The van der Waals surface area contributed by atoms with E-state index in [1.807, 2.05) is 42.5 Å². The average Bonchev–Trinajstić information content (AvgIpc) is 2.73. The molecule has 3 aromatic carbocycles. The summed E-state index contributed by atoms with van der Waals surface area (Å²) in [6, 6.07) is 22.8. The van der Waals surface area contributed by atoms with Gasteiger partial charge in [0.05, 0.1) is 22.6 Å². The molecule has 0 spiro atoms. The molecule has 0 saturated carbocycles. The monoisotopic (exact) mass is 367 g/mol. The van der Waals surface area contributed by atoms with E-state index in [-0.39, 0.29) is 11.1 Å². The Hall–Kier alpha value is -3.99. The minimum atomic E-state index is -1.26. The lowest BCUT2D eigenvalue weighted by molar-refractivity contribution is -0.255. The van der Waals surface area contributed by atoms with Crippen molar-refractivity contribution < 1.29 is 9.90 Å². The van der Waals surface area contributed by atoms with Crippen molar-refractivity contribution >= 4 is 29.0 Å². The molecule has 0 N–H and O–H groups in total. The fraction of sp³-hybridized carbons (Fsp3) is 0. The van der Waals surface area contributed by atoms with E-state index < -0.39 is 5.97 Å². The first kappa shape index (κ1) is 17.4. The van der Waals surface area contributed by atoms with E-state index >= 15 is 0 Å². The minimum absolute atomic E-state index is 0.0481. The molecular formula is C23H15N2O3-. The Labute approximate surface area is 160 Å². The number of carboxylic acid groups (broad SMARTS) is 1. The summed E-state index contributed by atoms with van der Waals surface area (Å²) in [6.07, 6.45) is 3.65. The van der Waals surface area contributed by atoms with E-state index in [9.17, 15) is 14.7 Å². The van der Waals surface area contributed by atoms with Crippen molar-refractivity contribution in [2.45, 2.75) is 0 Å². The quantitative estimate of drug-likeness (QED) is 0.556. The van der Waals surface area contributed by atoms with E-state index in [1.165, 1.54) is 16.7 Å². The number of para-hydroxylation sites is 1. The second-order valence-electron chi connectivity index (χ2n) is 6.21. The van der Waals surface area contributed by atoms with Crippen LogP contribution in [0.5, 0.6) is 0 Å². The van der Waals surface area contributed by atoms with Gasteiger partial charge in [0.2, 0.25) is 0 Å². The van der Waals surface area contributed by atoms with Crippen LogP contribution in [0.3, 0.4) is 0 Å². The summed E-state index contributed by atoms with van der Waals surface area (Å²) in [7, 11) is 0. The molecule has 5 heteroatoms. The fourth-order valence-electron chi connectivity index (χ4n) is 2.99. The summed E-state index contributed by atoms with van der Waals surface area (Å²) in [5.74, 6) is -0.812. The molecule has 5 nitrogen and oxygen atoms in total. The Morgan fingerprint density at radius 2 is 1.54 bits per heavy atom. The molecule has 4 rings (SSSR count). The predicted molar refractivity (Wildman–Crippen MR) is 107 cm³/mol. The maximum absolute atomic E-state index is 13.1. The third kappa shape index (κ3) is 3.33. The Bertz CT molecular complexity index is 1240. The van der Waals surface area contributed by atoms with E-state index in [0.29, 0.717) is 22.4 Å². The second-order valence-corrected chi connectivity index (χ2v) is 6.21. The van der Waals surface area contributed by atoms with Gasteiger partial charge in [-0.05, 0) is 41.5 Å². The largest absolute Gasteiger partial charge is 0.545 e. The first-order valence-electron chi connectivity index (χ1n) is 8.70. The molecule has 0 aliphatic carbocycles. The van der Waals surface area contributed by atoms with Crippen LogP contribution >= 0.6 is 0 Å². The fourth-order valence-corrected chi connectivity index (χ4v) is 2.99. The Morgan fingerprint density at radius 3 is 2.25 bits per heavy atom. The molecule has 4 aromatic rings. The molecular weight excluding hydrogens is 352 g/mol. The van der Waals surface area contributed by atoms with Crippen LogP contribution in [0.25, 0.3) is 28.7 Å². The summed E-state index contributed by atoms with van der Waals surface area (Å²) >= 11 is 0. The summed E-state index contributed by atoms with van der Waals surface area (Å²) in [5.41, 5.74) is 1.93. The van der Waals surface area contributed by atoms with Gasteiger partial charge in [0.25, 0.3) is 5.56 Å². The highest BCUT2D eigenvalue weighted by molar-refractivity contribution is 5.86. The molecule has 0 fully saturated rings. The molecule has 0 radical (unpaired) electrons. The van der Waals surface area contributed by atoms with Crippen LogP contribution in [0, 0.1) is 0 Å². The van der Waals surface area contributed by atoms with Crippen LogP contribution in [-0.4, -0.2) is 15.5 Å². The highest BCUT2D eigenvalue weighted by atomic mass is 16.4. The molecule has 1 aromatic heterocycles. The van der Waals surface area contributed by atoms with Gasteiger partial charge in [-0.2, -0.15) is 0 Å². The number of aromatic nitrogens is 2. The molecule has 28 heavy (non-hydrogen) atoms. The summed E-state index contributed by atoms with van der Waals surface area (Å²) in [5, 5.41) is 11.5. The zero-order valence-corrected chi connectivity index (χ0v) is 14.8. The molecule has 0 aliphatic rings. The van der Waals surface area contributed by atoms with Gasteiger partial charge in [0, 0.05) is 0 Å². The van der Waals surface area contributed by atoms with E-state index in [1.54, 1.807) is 36.4 Å². The number of carbonyl (C=O) groups excluding carboxylic acids is 1. The lowest BCUT2D eigenvalue weighted by atomic mass is 10.2. The van der Waals surface area contributed by atoms with E-state index in [0.717, 1.165) is 5.56 Å². The third-order valence-corrected chi connectivity index (χ3v) is 4.39.